The van der Waals surface area contributed by atoms with Crippen molar-refractivity contribution in [2.75, 3.05) is 29.9 Å². The molecule has 1 amide bonds. The normalized spacial score (nSPS) is 18.1. The van der Waals surface area contributed by atoms with Crippen molar-refractivity contribution in [1.82, 2.24) is 19.9 Å². The number of hydrogen-bond acceptors (Lipinski definition) is 9. The molecule has 2 aromatic heterocycles. The SMILES string of the molecule is Cc1cc(OC(F)(F)F)cc(-c2nc(NC(=O)c3cnc(N4CCC(F)(C(=O)O)CC4)cn3)sc2CN2CCC[C@H]2C)c1.Cl.Cl. The monoisotopic (exact) mass is 694 g/mol. The molecule has 10 nitrogen and oxygen atoms in total. The zero-order valence-corrected chi connectivity index (χ0v) is 26.7. The fourth-order valence-electron chi connectivity index (χ4n) is 5.29. The van der Waals surface area contributed by atoms with Gasteiger partial charge in [0.05, 0.1) is 18.1 Å². The number of halogens is 6. The summed E-state index contributed by atoms with van der Waals surface area (Å²) in [5, 5.41) is 12.1. The van der Waals surface area contributed by atoms with Crippen molar-refractivity contribution in [2.24, 2.45) is 0 Å². The number of hydrogen-bond donors (Lipinski definition) is 2. The predicted molar refractivity (Wildman–Crippen MR) is 165 cm³/mol. The summed E-state index contributed by atoms with van der Waals surface area (Å²) in [6, 6.07) is 4.62. The molecule has 246 valence electrons. The molecule has 2 aliphatic heterocycles. The Balaban J connectivity index is 0.00000276. The van der Waals surface area contributed by atoms with Crippen LogP contribution in [0.25, 0.3) is 11.3 Å². The number of nitrogens with zero attached hydrogens (tertiary/aromatic N) is 5. The van der Waals surface area contributed by atoms with Crippen molar-refractivity contribution in [3.8, 4) is 17.0 Å². The molecule has 0 bridgehead atoms. The van der Waals surface area contributed by atoms with Gasteiger partial charge in [-0.15, -0.1) is 38.0 Å². The highest BCUT2D eigenvalue weighted by Crippen LogP contribution is 2.37. The number of amides is 1. The minimum Gasteiger partial charge on any atom is -0.479 e. The van der Waals surface area contributed by atoms with E-state index in [1.165, 1.54) is 35.9 Å². The number of carboxylic acid groups (broad SMARTS) is 1. The lowest BCUT2D eigenvalue weighted by Gasteiger charge is -2.34. The van der Waals surface area contributed by atoms with E-state index < -0.39 is 23.9 Å². The van der Waals surface area contributed by atoms with Crippen LogP contribution < -0.4 is 15.0 Å². The standard InChI is InChI=1S/C28H30F4N6O4S.2ClH/c1-16-10-18(12-19(11-16)42-28(30,31)32)23-21(15-38-7-3-4-17(38)2)43-26(35-23)36-24(39)20-13-34-22(14-33-20)37-8-5-27(29,6-9-37)25(40)41;;/h10-14,17H,3-9,15H2,1-2H3,(H,40,41)(H,35,36,39);2*1H/t17-;;/m1../s1. The lowest BCUT2D eigenvalue weighted by Crippen LogP contribution is -2.46. The number of carboxylic acids is 1. The number of likely N-dealkylation sites (tertiary alicyclic amines) is 1. The minimum atomic E-state index is -4.85. The number of aromatic nitrogens is 3. The molecule has 2 saturated heterocycles. The van der Waals surface area contributed by atoms with Crippen LogP contribution in [0.15, 0.2) is 30.6 Å². The van der Waals surface area contributed by atoms with E-state index in [9.17, 15) is 27.2 Å². The molecule has 45 heavy (non-hydrogen) atoms. The second-order valence-electron chi connectivity index (χ2n) is 10.8. The van der Waals surface area contributed by atoms with E-state index in [2.05, 4.69) is 36.8 Å². The molecule has 0 spiro atoms. The number of benzene rings is 1. The molecule has 2 N–H and O–H groups in total. The second-order valence-corrected chi connectivity index (χ2v) is 11.9. The predicted octanol–water partition coefficient (Wildman–Crippen LogP) is 6.28. The molecule has 0 radical (unpaired) electrons. The number of rotatable bonds is 8. The zero-order chi connectivity index (χ0) is 30.9. The molecule has 2 fully saturated rings. The van der Waals surface area contributed by atoms with Crippen molar-refractivity contribution < 1.29 is 37.0 Å². The summed E-state index contributed by atoms with van der Waals surface area (Å²) < 4.78 is 57.4. The van der Waals surface area contributed by atoms with E-state index in [0.717, 1.165) is 24.3 Å². The number of carbonyl (C=O) groups is 2. The van der Waals surface area contributed by atoms with Gasteiger partial charge in [0.15, 0.2) is 5.13 Å². The Hall–Kier alpha value is -3.27. The summed E-state index contributed by atoms with van der Waals surface area (Å²) in [7, 11) is 0. The Bertz CT molecular complexity index is 1500. The first-order valence-electron chi connectivity index (χ1n) is 13.7. The molecule has 0 saturated carbocycles. The molecule has 1 atom stereocenters. The average molecular weight is 696 g/mol. The van der Waals surface area contributed by atoms with Crippen molar-refractivity contribution in [1.29, 1.82) is 0 Å². The number of aliphatic carboxylic acids is 1. The summed E-state index contributed by atoms with van der Waals surface area (Å²) in [5.41, 5.74) is -0.836. The lowest BCUT2D eigenvalue weighted by atomic mass is 9.93. The van der Waals surface area contributed by atoms with E-state index in [0.29, 0.717) is 35.2 Å². The van der Waals surface area contributed by atoms with Crippen LogP contribution in [0.1, 0.15) is 53.5 Å². The highest BCUT2D eigenvalue weighted by molar-refractivity contribution is 7.16. The van der Waals surface area contributed by atoms with Gasteiger partial charge in [-0.3, -0.25) is 15.0 Å². The quantitative estimate of drug-likeness (QED) is 0.263. The maximum atomic E-state index is 14.4. The highest BCUT2D eigenvalue weighted by atomic mass is 35.5. The first-order chi connectivity index (χ1) is 20.3. The topological polar surface area (TPSA) is 121 Å². The van der Waals surface area contributed by atoms with Crippen LogP contribution in [0, 0.1) is 6.92 Å². The summed E-state index contributed by atoms with van der Waals surface area (Å²) in [5.74, 6) is -2.03. The van der Waals surface area contributed by atoms with Gasteiger partial charge >= 0.3 is 12.3 Å². The van der Waals surface area contributed by atoms with Gasteiger partial charge < -0.3 is 14.7 Å². The molecular formula is C28H32Cl2F4N6O4S. The maximum absolute atomic E-state index is 14.4. The zero-order valence-electron chi connectivity index (χ0n) is 24.3. The third-order valence-corrected chi connectivity index (χ3v) is 8.60. The molecule has 5 rings (SSSR count). The van der Waals surface area contributed by atoms with E-state index in [-0.39, 0.29) is 67.3 Å². The Labute approximate surface area is 273 Å². The summed E-state index contributed by atoms with van der Waals surface area (Å²) in [6.45, 7) is 5.44. The fourth-order valence-corrected chi connectivity index (χ4v) is 6.30. The van der Waals surface area contributed by atoms with E-state index >= 15 is 0 Å². The van der Waals surface area contributed by atoms with Crippen LogP contribution in [0.4, 0.5) is 28.5 Å². The summed E-state index contributed by atoms with van der Waals surface area (Å²) >= 11 is 1.23. The Kier molecular flexibility index (Phi) is 11.6. The van der Waals surface area contributed by atoms with Crippen LogP contribution in [0.5, 0.6) is 5.75 Å². The maximum Gasteiger partial charge on any atom is 0.573 e. The van der Waals surface area contributed by atoms with Gasteiger partial charge in [-0.1, -0.05) is 11.3 Å². The molecule has 3 aromatic rings. The van der Waals surface area contributed by atoms with Gasteiger partial charge in [0.25, 0.3) is 5.91 Å². The van der Waals surface area contributed by atoms with Crippen LogP contribution in [0.3, 0.4) is 0 Å². The highest BCUT2D eigenvalue weighted by Gasteiger charge is 2.42. The van der Waals surface area contributed by atoms with Crippen molar-refractivity contribution >= 4 is 59.0 Å². The first kappa shape index (κ1) is 36.2. The third kappa shape index (κ3) is 8.71. The van der Waals surface area contributed by atoms with Gasteiger partial charge in [0, 0.05) is 49.0 Å². The van der Waals surface area contributed by atoms with Gasteiger partial charge in [-0.2, -0.15) is 0 Å². The van der Waals surface area contributed by atoms with Crippen LogP contribution in [-0.2, 0) is 11.3 Å². The number of piperidine rings is 1. The van der Waals surface area contributed by atoms with Crippen LogP contribution in [0.2, 0.25) is 0 Å². The average Bonchev–Trinajstić information content (AvgIpc) is 3.53. The van der Waals surface area contributed by atoms with Crippen LogP contribution >= 0.6 is 36.2 Å². The first-order valence-corrected chi connectivity index (χ1v) is 14.5. The minimum absolute atomic E-state index is 0. The number of alkyl halides is 4. The van der Waals surface area contributed by atoms with Gasteiger partial charge in [0.1, 0.15) is 17.3 Å². The summed E-state index contributed by atoms with van der Waals surface area (Å²) in [6.07, 6.45) is -0.533. The Morgan fingerprint density at radius 1 is 1.13 bits per heavy atom. The lowest BCUT2D eigenvalue weighted by molar-refractivity contribution is -0.274. The fraction of sp³-hybridized carbons (Fsp3) is 0.464. The number of anilines is 2. The number of nitrogens with one attached hydrogen (secondary N) is 1. The Morgan fingerprint density at radius 3 is 2.42 bits per heavy atom. The number of carbonyl (C=O) groups excluding carboxylic acids is 1. The molecule has 17 heteroatoms. The van der Waals surface area contributed by atoms with Gasteiger partial charge in [0.2, 0.25) is 5.67 Å². The Morgan fingerprint density at radius 2 is 1.84 bits per heavy atom. The number of ether oxygens (including phenoxy) is 1. The number of thiazole rings is 1. The molecule has 4 heterocycles. The van der Waals surface area contributed by atoms with Crippen molar-refractivity contribution in [3.63, 3.8) is 0 Å². The molecule has 0 aliphatic carbocycles. The molecular weight excluding hydrogens is 663 g/mol. The van der Waals surface area contributed by atoms with E-state index in [1.54, 1.807) is 17.9 Å². The van der Waals surface area contributed by atoms with Crippen molar-refractivity contribution in [2.45, 2.75) is 64.1 Å². The van der Waals surface area contributed by atoms with Crippen molar-refractivity contribution in [3.05, 3.63) is 46.7 Å². The largest absolute Gasteiger partial charge is 0.573 e. The molecule has 2 aliphatic rings. The third-order valence-electron chi connectivity index (χ3n) is 7.65. The summed E-state index contributed by atoms with van der Waals surface area (Å²) in [4.78, 5) is 42.0. The van der Waals surface area contributed by atoms with E-state index in [4.69, 9.17) is 5.11 Å². The van der Waals surface area contributed by atoms with E-state index in [1.807, 2.05) is 0 Å². The smallest absolute Gasteiger partial charge is 0.479 e. The van der Waals surface area contributed by atoms with Gasteiger partial charge in [-0.25, -0.2) is 24.1 Å². The molecule has 0 unspecified atom stereocenters. The van der Waals surface area contributed by atoms with Crippen LogP contribution in [-0.4, -0.2) is 74.5 Å². The molecule has 1 aromatic carbocycles. The number of aryl methyl sites for hydroxylation is 1. The second kappa shape index (κ2) is 14.4. The van der Waals surface area contributed by atoms with Gasteiger partial charge in [-0.05, 0) is 57.0 Å².